The highest BCUT2D eigenvalue weighted by atomic mass is 35.5. The molecule has 0 spiro atoms. The van der Waals surface area contributed by atoms with Crippen LogP contribution in [-0.2, 0) is 4.79 Å². The molecule has 152 valence electrons. The van der Waals surface area contributed by atoms with E-state index in [9.17, 15) is 4.79 Å². The molecule has 2 atom stereocenters. The number of thioether (sulfide) groups is 1. The zero-order valence-electron chi connectivity index (χ0n) is 16.4. The van der Waals surface area contributed by atoms with Gasteiger partial charge in [0.15, 0.2) is 11.5 Å². The van der Waals surface area contributed by atoms with E-state index in [2.05, 4.69) is 27.6 Å². The van der Waals surface area contributed by atoms with Crippen molar-refractivity contribution >= 4 is 34.9 Å². The Hall–Kier alpha value is -2.83. The van der Waals surface area contributed by atoms with Crippen molar-refractivity contribution in [2.45, 2.75) is 18.2 Å². The molecule has 0 aliphatic heterocycles. The Morgan fingerprint density at radius 1 is 1.00 bits per heavy atom. The van der Waals surface area contributed by atoms with Crippen LogP contribution in [0.4, 0.5) is 0 Å². The second-order valence-electron chi connectivity index (χ2n) is 6.93. The van der Waals surface area contributed by atoms with E-state index in [1.54, 1.807) is 11.8 Å². The Bertz CT molecular complexity index is 1130. The van der Waals surface area contributed by atoms with Gasteiger partial charge in [-0.25, -0.2) is 0 Å². The summed E-state index contributed by atoms with van der Waals surface area (Å²) in [6, 6.07) is 23.4. The maximum Gasteiger partial charge on any atom is 0.230 e. The minimum absolute atomic E-state index is 0.0402. The maximum absolute atomic E-state index is 12.7. The van der Waals surface area contributed by atoms with Gasteiger partial charge < -0.3 is 5.32 Å². The van der Waals surface area contributed by atoms with Crippen molar-refractivity contribution in [3.63, 3.8) is 0 Å². The maximum atomic E-state index is 12.7. The van der Waals surface area contributed by atoms with E-state index in [1.165, 1.54) is 0 Å². The minimum atomic E-state index is -0.249. The summed E-state index contributed by atoms with van der Waals surface area (Å²) in [6.45, 7) is 1.92. The molecule has 30 heavy (non-hydrogen) atoms. The number of nitrogens with one attached hydrogen (secondary N) is 1. The zero-order chi connectivity index (χ0) is 20.9. The molecule has 2 unspecified atom stereocenters. The monoisotopic (exact) mass is 436 g/mol. The number of aromatic nitrogens is 3. The molecule has 0 saturated carbocycles. The van der Waals surface area contributed by atoms with Crippen molar-refractivity contribution in [1.82, 2.24) is 19.9 Å². The number of amides is 1. The van der Waals surface area contributed by atoms with Gasteiger partial charge in [0.25, 0.3) is 0 Å². The number of benzene rings is 2. The molecule has 4 rings (SSSR count). The number of fused-ring (bicyclic) bond motifs is 1. The number of halogens is 1. The van der Waals surface area contributed by atoms with Crippen molar-refractivity contribution in [3.8, 4) is 0 Å². The predicted molar refractivity (Wildman–Crippen MR) is 122 cm³/mol. The van der Waals surface area contributed by atoms with Crippen LogP contribution in [0.5, 0.6) is 0 Å². The van der Waals surface area contributed by atoms with Crippen LogP contribution in [0.3, 0.4) is 0 Å². The number of hydrogen-bond donors (Lipinski definition) is 1. The van der Waals surface area contributed by atoms with Crippen LogP contribution in [0.15, 0.2) is 79.0 Å². The van der Waals surface area contributed by atoms with Gasteiger partial charge in [-0.2, -0.15) is 0 Å². The van der Waals surface area contributed by atoms with Gasteiger partial charge in [-0.15, -0.1) is 22.0 Å². The molecule has 1 amide bonds. The molecular weight excluding hydrogens is 416 g/mol. The highest BCUT2D eigenvalue weighted by molar-refractivity contribution is 8.00. The molecule has 4 aromatic rings. The quantitative estimate of drug-likeness (QED) is 0.438. The SMILES string of the molecule is CC(NC(=O)CSC(c1ccccc1)c1ccc(Cl)cc1)c1nnc2ccccn12. The molecule has 0 fully saturated rings. The molecule has 0 aliphatic carbocycles. The molecule has 2 aromatic carbocycles. The molecule has 5 nitrogen and oxygen atoms in total. The van der Waals surface area contributed by atoms with Crippen LogP contribution in [0.2, 0.25) is 5.02 Å². The first-order valence-corrected chi connectivity index (χ1v) is 11.1. The highest BCUT2D eigenvalue weighted by Gasteiger charge is 2.19. The van der Waals surface area contributed by atoms with Gasteiger partial charge in [-0.05, 0) is 42.3 Å². The van der Waals surface area contributed by atoms with Crippen LogP contribution in [-0.4, -0.2) is 26.3 Å². The van der Waals surface area contributed by atoms with Gasteiger partial charge >= 0.3 is 0 Å². The van der Waals surface area contributed by atoms with Crippen LogP contribution in [0.25, 0.3) is 5.65 Å². The summed E-state index contributed by atoms with van der Waals surface area (Å²) in [4.78, 5) is 12.7. The Morgan fingerprint density at radius 2 is 1.70 bits per heavy atom. The molecule has 0 radical (unpaired) electrons. The standard InChI is InChI=1S/C23H21ClN4OS/c1-16(23-27-26-20-9-5-6-14-28(20)23)25-21(29)15-30-22(17-7-3-2-4-8-17)18-10-12-19(24)13-11-18/h2-14,16,22H,15H2,1H3,(H,25,29). The average Bonchev–Trinajstić information content (AvgIpc) is 3.20. The average molecular weight is 437 g/mol. The fraction of sp³-hybridized carbons (Fsp3) is 0.174. The largest absolute Gasteiger partial charge is 0.346 e. The first-order chi connectivity index (χ1) is 14.6. The van der Waals surface area contributed by atoms with Gasteiger partial charge in [0, 0.05) is 11.2 Å². The second kappa shape index (κ2) is 9.32. The summed E-state index contributed by atoms with van der Waals surface area (Å²) in [5, 5.41) is 12.2. The Morgan fingerprint density at radius 3 is 2.47 bits per heavy atom. The molecule has 0 saturated heterocycles. The predicted octanol–water partition coefficient (Wildman–Crippen LogP) is 5.08. The van der Waals surface area contributed by atoms with Gasteiger partial charge in [0.2, 0.25) is 5.91 Å². The van der Waals surface area contributed by atoms with Gasteiger partial charge in [-0.1, -0.05) is 60.1 Å². The molecule has 1 N–H and O–H groups in total. The van der Waals surface area contributed by atoms with Crippen LogP contribution in [0.1, 0.15) is 35.2 Å². The number of hydrogen-bond acceptors (Lipinski definition) is 4. The van der Waals surface area contributed by atoms with Crippen LogP contribution in [0, 0.1) is 0 Å². The summed E-state index contributed by atoms with van der Waals surface area (Å²) in [6.07, 6.45) is 1.90. The fourth-order valence-corrected chi connectivity index (χ4v) is 4.54. The second-order valence-corrected chi connectivity index (χ2v) is 8.46. The number of pyridine rings is 1. The zero-order valence-corrected chi connectivity index (χ0v) is 18.0. The third-order valence-corrected chi connectivity index (χ3v) is 6.32. The lowest BCUT2D eigenvalue weighted by atomic mass is 10.0. The number of nitrogens with zero attached hydrogens (tertiary/aromatic N) is 3. The summed E-state index contributed by atoms with van der Waals surface area (Å²) >= 11 is 7.64. The first-order valence-electron chi connectivity index (χ1n) is 9.63. The molecular formula is C23H21ClN4OS. The van der Waals surface area contributed by atoms with Gasteiger partial charge in [0.1, 0.15) is 0 Å². The van der Waals surface area contributed by atoms with E-state index in [-0.39, 0.29) is 17.2 Å². The van der Waals surface area contributed by atoms with E-state index >= 15 is 0 Å². The summed E-state index contributed by atoms with van der Waals surface area (Å²) in [7, 11) is 0. The Kier molecular flexibility index (Phi) is 6.35. The van der Waals surface area contributed by atoms with E-state index in [0.717, 1.165) is 16.8 Å². The third kappa shape index (κ3) is 4.66. The lowest BCUT2D eigenvalue weighted by molar-refractivity contribution is -0.119. The fourth-order valence-electron chi connectivity index (χ4n) is 3.31. The van der Waals surface area contributed by atoms with E-state index < -0.39 is 0 Å². The molecule has 0 aliphatic rings. The number of carbonyl (C=O) groups is 1. The summed E-state index contributed by atoms with van der Waals surface area (Å²) in [5.74, 6) is 0.986. The Balaban J connectivity index is 1.45. The van der Waals surface area contributed by atoms with Gasteiger partial charge in [-0.3, -0.25) is 9.20 Å². The van der Waals surface area contributed by atoms with Crippen LogP contribution >= 0.6 is 23.4 Å². The van der Waals surface area contributed by atoms with Crippen molar-refractivity contribution < 1.29 is 4.79 Å². The van der Waals surface area contributed by atoms with E-state index in [4.69, 9.17) is 11.6 Å². The summed E-state index contributed by atoms with van der Waals surface area (Å²) in [5.41, 5.74) is 3.02. The smallest absolute Gasteiger partial charge is 0.230 e. The minimum Gasteiger partial charge on any atom is -0.346 e. The van der Waals surface area contributed by atoms with E-state index in [0.29, 0.717) is 16.6 Å². The lowest BCUT2D eigenvalue weighted by Crippen LogP contribution is -2.29. The topological polar surface area (TPSA) is 59.3 Å². The Labute approximate surface area is 184 Å². The van der Waals surface area contributed by atoms with Crippen molar-refractivity contribution in [2.75, 3.05) is 5.75 Å². The molecule has 2 heterocycles. The highest BCUT2D eigenvalue weighted by Crippen LogP contribution is 2.36. The first kappa shape index (κ1) is 20.4. The van der Waals surface area contributed by atoms with Crippen LogP contribution < -0.4 is 5.32 Å². The number of carbonyl (C=O) groups excluding carboxylic acids is 1. The van der Waals surface area contributed by atoms with Crippen molar-refractivity contribution in [1.29, 1.82) is 0 Å². The molecule has 2 aromatic heterocycles. The van der Waals surface area contributed by atoms with Crippen molar-refractivity contribution in [2.24, 2.45) is 0 Å². The third-order valence-electron chi connectivity index (χ3n) is 4.76. The normalized spacial score (nSPS) is 13.1. The molecule has 7 heteroatoms. The summed E-state index contributed by atoms with van der Waals surface area (Å²) < 4.78 is 1.89. The van der Waals surface area contributed by atoms with E-state index in [1.807, 2.05) is 78.2 Å². The number of rotatable bonds is 7. The van der Waals surface area contributed by atoms with Gasteiger partial charge in [0.05, 0.1) is 17.0 Å². The van der Waals surface area contributed by atoms with Crippen molar-refractivity contribution in [3.05, 3.63) is 101 Å². The lowest BCUT2D eigenvalue weighted by Gasteiger charge is -2.19. The molecule has 0 bridgehead atoms.